The molecule has 0 spiro atoms. The Morgan fingerprint density at radius 3 is 2.19 bits per heavy atom. The monoisotopic (exact) mass is 234 g/mol. The molecule has 3 heteroatoms. The van der Waals surface area contributed by atoms with Crippen LogP contribution < -0.4 is 0 Å². The first kappa shape index (κ1) is 11.0. The van der Waals surface area contributed by atoms with Crippen LogP contribution in [0.1, 0.15) is 5.56 Å². The summed E-state index contributed by atoms with van der Waals surface area (Å²) in [4.78, 5) is 1.09. The maximum atomic E-state index is 12.7. The predicted octanol–water partition coefficient (Wildman–Crippen LogP) is 3.82. The lowest BCUT2D eigenvalue weighted by molar-refractivity contribution is 0.475. The van der Waals surface area contributed by atoms with E-state index in [-0.39, 0.29) is 11.6 Å². The summed E-state index contributed by atoms with van der Waals surface area (Å²) in [5, 5.41) is 9.12. The number of phenolic OH excluding ortho intramolecular Hbond substituents is 1. The number of hydrogen-bond acceptors (Lipinski definition) is 2. The Kier molecular flexibility index (Phi) is 3.47. The summed E-state index contributed by atoms with van der Waals surface area (Å²) >= 11 is 1.65. The molecule has 0 bridgehead atoms. The normalized spacial score (nSPS) is 10.3. The molecule has 0 unspecified atom stereocenters. The number of hydrogen-bond donors (Lipinski definition) is 1. The standard InChI is InChI=1S/C13H11FOS/c14-11-3-1-10(2-4-11)9-16-13-7-5-12(15)6-8-13/h1-8,15H,9H2. The second kappa shape index (κ2) is 5.03. The third-order valence-electron chi connectivity index (χ3n) is 2.16. The molecule has 0 amide bonds. The third-order valence-corrected chi connectivity index (χ3v) is 3.24. The van der Waals surface area contributed by atoms with Gasteiger partial charge in [-0.05, 0) is 42.0 Å². The highest BCUT2D eigenvalue weighted by molar-refractivity contribution is 7.98. The topological polar surface area (TPSA) is 20.2 Å². The molecule has 2 aromatic rings. The molecule has 2 aromatic carbocycles. The largest absolute Gasteiger partial charge is 0.508 e. The zero-order chi connectivity index (χ0) is 11.4. The van der Waals surface area contributed by atoms with E-state index in [1.165, 1.54) is 12.1 Å². The highest BCUT2D eigenvalue weighted by Gasteiger charge is 1.97. The Balaban J connectivity index is 1.97. The molecular formula is C13H11FOS. The molecule has 0 aliphatic rings. The maximum absolute atomic E-state index is 12.7. The van der Waals surface area contributed by atoms with Crippen molar-refractivity contribution in [1.82, 2.24) is 0 Å². The molecule has 2 rings (SSSR count). The van der Waals surface area contributed by atoms with E-state index in [9.17, 15) is 4.39 Å². The number of halogens is 1. The molecule has 0 heterocycles. The number of phenols is 1. The van der Waals surface area contributed by atoms with Gasteiger partial charge in [-0.15, -0.1) is 11.8 Å². The van der Waals surface area contributed by atoms with Crippen molar-refractivity contribution in [2.75, 3.05) is 0 Å². The molecule has 82 valence electrons. The van der Waals surface area contributed by atoms with Crippen molar-refractivity contribution in [2.45, 2.75) is 10.6 Å². The van der Waals surface area contributed by atoms with Crippen LogP contribution in [-0.2, 0) is 5.75 Å². The Morgan fingerprint density at radius 1 is 0.938 bits per heavy atom. The smallest absolute Gasteiger partial charge is 0.123 e. The van der Waals surface area contributed by atoms with Crippen molar-refractivity contribution < 1.29 is 9.50 Å². The summed E-state index contributed by atoms with van der Waals surface area (Å²) in [7, 11) is 0. The molecule has 0 aliphatic carbocycles. The maximum Gasteiger partial charge on any atom is 0.123 e. The van der Waals surface area contributed by atoms with E-state index in [0.29, 0.717) is 0 Å². The van der Waals surface area contributed by atoms with Crippen LogP contribution in [0.5, 0.6) is 5.75 Å². The van der Waals surface area contributed by atoms with Gasteiger partial charge in [-0.2, -0.15) is 0 Å². The van der Waals surface area contributed by atoms with Gasteiger partial charge in [0.05, 0.1) is 0 Å². The number of rotatable bonds is 3. The lowest BCUT2D eigenvalue weighted by Gasteiger charge is -2.02. The second-order valence-electron chi connectivity index (χ2n) is 3.41. The van der Waals surface area contributed by atoms with Crippen molar-refractivity contribution in [3.63, 3.8) is 0 Å². The summed E-state index contributed by atoms with van der Waals surface area (Å²) in [6.07, 6.45) is 0. The Bertz CT molecular complexity index is 405. The Hall–Kier alpha value is -1.48. The van der Waals surface area contributed by atoms with E-state index in [4.69, 9.17) is 5.11 Å². The van der Waals surface area contributed by atoms with E-state index in [1.807, 2.05) is 12.1 Å². The minimum absolute atomic E-state index is 0.210. The average molecular weight is 234 g/mol. The molecule has 1 N–H and O–H groups in total. The molecule has 0 fully saturated rings. The molecule has 0 aliphatic heterocycles. The van der Waals surface area contributed by atoms with Crippen molar-refractivity contribution in [2.24, 2.45) is 0 Å². The lowest BCUT2D eigenvalue weighted by atomic mass is 10.2. The van der Waals surface area contributed by atoms with Gasteiger partial charge in [0, 0.05) is 10.6 Å². The molecule has 1 nitrogen and oxygen atoms in total. The fraction of sp³-hybridized carbons (Fsp3) is 0.0769. The van der Waals surface area contributed by atoms with Crippen LogP contribution in [0.15, 0.2) is 53.4 Å². The highest BCUT2D eigenvalue weighted by atomic mass is 32.2. The zero-order valence-electron chi connectivity index (χ0n) is 8.56. The van der Waals surface area contributed by atoms with Crippen LogP contribution in [0.2, 0.25) is 0 Å². The Morgan fingerprint density at radius 2 is 1.56 bits per heavy atom. The molecule has 0 atom stereocenters. The SMILES string of the molecule is Oc1ccc(SCc2ccc(F)cc2)cc1. The third kappa shape index (κ3) is 3.00. The van der Waals surface area contributed by atoms with Gasteiger partial charge in [0.2, 0.25) is 0 Å². The predicted molar refractivity (Wildman–Crippen MR) is 64.1 cm³/mol. The van der Waals surface area contributed by atoms with Crippen LogP contribution in [0.3, 0.4) is 0 Å². The zero-order valence-corrected chi connectivity index (χ0v) is 9.38. The summed E-state index contributed by atoms with van der Waals surface area (Å²) in [6, 6.07) is 13.5. The van der Waals surface area contributed by atoms with E-state index in [0.717, 1.165) is 16.2 Å². The van der Waals surface area contributed by atoms with E-state index < -0.39 is 0 Å². The summed E-state index contributed by atoms with van der Waals surface area (Å²) < 4.78 is 12.7. The fourth-order valence-corrected chi connectivity index (χ4v) is 2.14. The summed E-state index contributed by atoms with van der Waals surface area (Å²) in [5.41, 5.74) is 1.08. The summed E-state index contributed by atoms with van der Waals surface area (Å²) in [6.45, 7) is 0. The van der Waals surface area contributed by atoms with Crippen LogP contribution in [-0.4, -0.2) is 5.11 Å². The second-order valence-corrected chi connectivity index (χ2v) is 4.46. The van der Waals surface area contributed by atoms with Crippen molar-refractivity contribution in [3.05, 3.63) is 59.9 Å². The summed E-state index contributed by atoms with van der Waals surface area (Å²) in [5.74, 6) is 0.856. The van der Waals surface area contributed by atoms with Crippen LogP contribution in [0.25, 0.3) is 0 Å². The average Bonchev–Trinajstić information content (AvgIpc) is 2.30. The minimum atomic E-state index is -0.210. The molecule has 0 saturated carbocycles. The van der Waals surface area contributed by atoms with Gasteiger partial charge in [-0.1, -0.05) is 12.1 Å². The van der Waals surface area contributed by atoms with Crippen molar-refractivity contribution >= 4 is 11.8 Å². The van der Waals surface area contributed by atoms with E-state index in [2.05, 4.69) is 0 Å². The first-order valence-electron chi connectivity index (χ1n) is 4.90. The highest BCUT2D eigenvalue weighted by Crippen LogP contribution is 2.24. The van der Waals surface area contributed by atoms with Crippen molar-refractivity contribution in [3.8, 4) is 5.75 Å². The molecule has 16 heavy (non-hydrogen) atoms. The lowest BCUT2D eigenvalue weighted by Crippen LogP contribution is -1.81. The van der Waals surface area contributed by atoms with Crippen LogP contribution in [0.4, 0.5) is 4.39 Å². The number of thioether (sulfide) groups is 1. The fourth-order valence-electron chi connectivity index (χ4n) is 1.29. The van der Waals surface area contributed by atoms with Crippen molar-refractivity contribution in [1.29, 1.82) is 0 Å². The van der Waals surface area contributed by atoms with Gasteiger partial charge in [0.25, 0.3) is 0 Å². The van der Waals surface area contributed by atoms with E-state index in [1.54, 1.807) is 36.0 Å². The van der Waals surface area contributed by atoms with Gasteiger partial charge >= 0.3 is 0 Å². The van der Waals surface area contributed by atoms with Gasteiger partial charge in [-0.3, -0.25) is 0 Å². The van der Waals surface area contributed by atoms with Gasteiger partial charge in [0.15, 0.2) is 0 Å². The van der Waals surface area contributed by atoms with E-state index >= 15 is 0 Å². The molecule has 0 radical (unpaired) electrons. The number of benzene rings is 2. The Labute approximate surface area is 97.9 Å². The quantitative estimate of drug-likeness (QED) is 0.815. The molecular weight excluding hydrogens is 223 g/mol. The first-order valence-corrected chi connectivity index (χ1v) is 5.89. The minimum Gasteiger partial charge on any atom is -0.508 e. The molecule has 0 saturated heterocycles. The van der Waals surface area contributed by atoms with Gasteiger partial charge in [-0.25, -0.2) is 4.39 Å². The van der Waals surface area contributed by atoms with Gasteiger partial charge < -0.3 is 5.11 Å². The molecule has 0 aromatic heterocycles. The van der Waals surface area contributed by atoms with Crippen LogP contribution >= 0.6 is 11.8 Å². The van der Waals surface area contributed by atoms with Gasteiger partial charge in [0.1, 0.15) is 11.6 Å². The first-order chi connectivity index (χ1) is 7.74. The van der Waals surface area contributed by atoms with Crippen LogP contribution in [0, 0.1) is 5.82 Å². The number of aromatic hydroxyl groups is 1.